The average molecular weight is 413 g/mol. The summed E-state index contributed by atoms with van der Waals surface area (Å²) in [6.07, 6.45) is 1.75. The molecule has 1 saturated heterocycles. The van der Waals surface area contributed by atoms with E-state index < -0.39 is 12.5 Å². The standard InChI is InChI=1S/C21H20N2O3S2/c1-2-22(13-16-6-4-3-5-7-16)17-10-8-15(9-11-17)12-18-20(26)23(14-19(24)25)21(27)28-18/h3-12H,2,13-14H2,1H3,(H,24,25)/b18-12-. The highest BCUT2D eigenvalue weighted by atomic mass is 32.2. The number of anilines is 1. The summed E-state index contributed by atoms with van der Waals surface area (Å²) in [5.41, 5.74) is 3.22. The molecule has 1 amide bonds. The molecule has 0 radical (unpaired) electrons. The summed E-state index contributed by atoms with van der Waals surface area (Å²) in [5.74, 6) is -1.44. The number of thiocarbonyl (C=S) groups is 1. The first-order valence-corrected chi connectivity index (χ1v) is 10.1. The van der Waals surface area contributed by atoms with Crippen molar-refractivity contribution in [1.82, 2.24) is 4.90 Å². The lowest BCUT2D eigenvalue weighted by Gasteiger charge is -2.23. The van der Waals surface area contributed by atoms with Crippen LogP contribution in [0.25, 0.3) is 6.08 Å². The van der Waals surface area contributed by atoms with Crippen molar-refractivity contribution in [2.75, 3.05) is 18.0 Å². The van der Waals surface area contributed by atoms with Crippen molar-refractivity contribution in [2.24, 2.45) is 0 Å². The lowest BCUT2D eigenvalue weighted by Crippen LogP contribution is -2.33. The lowest BCUT2D eigenvalue weighted by molar-refractivity contribution is -0.140. The van der Waals surface area contributed by atoms with Gasteiger partial charge in [0.25, 0.3) is 5.91 Å². The molecular weight excluding hydrogens is 392 g/mol. The second kappa shape index (κ2) is 9.03. The van der Waals surface area contributed by atoms with Gasteiger partial charge >= 0.3 is 5.97 Å². The molecule has 1 aliphatic rings. The highest BCUT2D eigenvalue weighted by molar-refractivity contribution is 8.26. The fourth-order valence-corrected chi connectivity index (χ4v) is 4.15. The Morgan fingerprint density at radius 1 is 1.18 bits per heavy atom. The smallest absolute Gasteiger partial charge is 0.323 e. The Labute approximate surface area is 173 Å². The van der Waals surface area contributed by atoms with Crippen molar-refractivity contribution in [2.45, 2.75) is 13.5 Å². The van der Waals surface area contributed by atoms with Crippen LogP contribution < -0.4 is 4.90 Å². The summed E-state index contributed by atoms with van der Waals surface area (Å²) in [6, 6.07) is 18.2. The van der Waals surface area contributed by atoms with E-state index in [1.54, 1.807) is 6.08 Å². The third-order valence-electron chi connectivity index (χ3n) is 4.32. The van der Waals surface area contributed by atoms with E-state index in [9.17, 15) is 9.59 Å². The Morgan fingerprint density at radius 2 is 1.86 bits per heavy atom. The van der Waals surface area contributed by atoms with Gasteiger partial charge in [0, 0.05) is 18.8 Å². The van der Waals surface area contributed by atoms with Gasteiger partial charge in [0.15, 0.2) is 0 Å². The number of carbonyl (C=O) groups is 2. The first-order chi connectivity index (χ1) is 13.5. The molecule has 2 aromatic carbocycles. The number of benzene rings is 2. The number of hydrogen-bond donors (Lipinski definition) is 1. The van der Waals surface area contributed by atoms with Gasteiger partial charge in [-0.1, -0.05) is 66.4 Å². The molecule has 0 aliphatic carbocycles. The SMILES string of the molecule is CCN(Cc1ccccc1)c1ccc(/C=C2\SC(=S)N(CC(=O)O)C2=O)cc1. The predicted octanol–water partition coefficient (Wildman–Crippen LogP) is 4.00. The third-order valence-corrected chi connectivity index (χ3v) is 5.70. The molecule has 3 rings (SSSR count). The van der Waals surface area contributed by atoms with E-state index in [0.29, 0.717) is 4.91 Å². The minimum absolute atomic E-state index is 0.273. The van der Waals surface area contributed by atoms with Gasteiger partial charge in [0.2, 0.25) is 0 Å². The van der Waals surface area contributed by atoms with Gasteiger partial charge in [-0.2, -0.15) is 0 Å². The molecule has 1 aliphatic heterocycles. The van der Waals surface area contributed by atoms with Crippen LogP contribution in [0.2, 0.25) is 0 Å². The minimum Gasteiger partial charge on any atom is -0.480 e. The molecule has 5 nitrogen and oxygen atoms in total. The number of nitrogens with zero attached hydrogens (tertiary/aromatic N) is 2. The maximum atomic E-state index is 12.4. The van der Waals surface area contributed by atoms with Crippen LogP contribution >= 0.6 is 24.0 Å². The average Bonchev–Trinajstić information content (AvgIpc) is 2.94. The Balaban J connectivity index is 1.73. The lowest BCUT2D eigenvalue weighted by atomic mass is 10.1. The fourth-order valence-electron chi connectivity index (χ4n) is 2.89. The van der Waals surface area contributed by atoms with E-state index in [2.05, 4.69) is 24.0 Å². The molecule has 1 fully saturated rings. The van der Waals surface area contributed by atoms with E-state index in [0.717, 1.165) is 41.0 Å². The van der Waals surface area contributed by atoms with Gasteiger partial charge in [-0.25, -0.2) is 0 Å². The summed E-state index contributed by atoms with van der Waals surface area (Å²) in [4.78, 5) is 27.1. The zero-order valence-corrected chi connectivity index (χ0v) is 17.0. The number of thioether (sulfide) groups is 1. The van der Waals surface area contributed by atoms with E-state index >= 15 is 0 Å². The van der Waals surface area contributed by atoms with Gasteiger partial charge in [-0.05, 0) is 36.3 Å². The molecule has 144 valence electrons. The van der Waals surface area contributed by atoms with Crippen LogP contribution in [0.4, 0.5) is 5.69 Å². The summed E-state index contributed by atoms with van der Waals surface area (Å²) >= 11 is 6.25. The summed E-state index contributed by atoms with van der Waals surface area (Å²) in [5, 5.41) is 8.91. The second-order valence-corrected chi connectivity index (χ2v) is 7.93. The maximum Gasteiger partial charge on any atom is 0.323 e. The van der Waals surface area contributed by atoms with Crippen LogP contribution in [0.1, 0.15) is 18.1 Å². The number of hydrogen-bond acceptors (Lipinski definition) is 5. The Bertz CT molecular complexity index is 911. The van der Waals surface area contributed by atoms with Crippen LogP contribution in [0.15, 0.2) is 59.5 Å². The van der Waals surface area contributed by atoms with E-state index in [4.69, 9.17) is 17.3 Å². The normalized spacial score (nSPS) is 15.3. The number of carboxylic acid groups (broad SMARTS) is 1. The quantitative estimate of drug-likeness (QED) is 0.548. The molecule has 0 bridgehead atoms. The molecule has 0 saturated carbocycles. The van der Waals surface area contributed by atoms with Crippen LogP contribution in [-0.2, 0) is 16.1 Å². The van der Waals surface area contributed by atoms with E-state index in [1.165, 1.54) is 5.56 Å². The molecule has 1 heterocycles. The molecular formula is C21H20N2O3S2. The summed E-state index contributed by atoms with van der Waals surface area (Å²) in [6.45, 7) is 3.41. The van der Waals surface area contributed by atoms with Gasteiger partial charge in [-0.3, -0.25) is 14.5 Å². The third kappa shape index (κ3) is 4.79. The molecule has 0 spiro atoms. The number of rotatable bonds is 7. The molecule has 7 heteroatoms. The van der Waals surface area contributed by atoms with Crippen molar-refractivity contribution in [1.29, 1.82) is 0 Å². The van der Waals surface area contributed by atoms with Crippen LogP contribution in [0, 0.1) is 0 Å². The monoisotopic (exact) mass is 412 g/mol. The van der Waals surface area contributed by atoms with Gasteiger partial charge in [0.05, 0.1) is 4.91 Å². The molecule has 0 aromatic heterocycles. The summed E-state index contributed by atoms with van der Waals surface area (Å²) in [7, 11) is 0. The van der Waals surface area contributed by atoms with Crippen molar-refractivity contribution in [3.05, 3.63) is 70.6 Å². The molecule has 0 unspecified atom stereocenters. The second-order valence-electron chi connectivity index (χ2n) is 6.25. The first-order valence-electron chi connectivity index (χ1n) is 8.84. The molecule has 2 aromatic rings. The highest BCUT2D eigenvalue weighted by Gasteiger charge is 2.33. The number of carbonyl (C=O) groups excluding carboxylic acids is 1. The van der Waals surface area contributed by atoms with Crippen molar-refractivity contribution in [3.8, 4) is 0 Å². The largest absolute Gasteiger partial charge is 0.480 e. The van der Waals surface area contributed by atoms with E-state index in [-0.39, 0.29) is 10.2 Å². The van der Waals surface area contributed by atoms with Crippen molar-refractivity contribution < 1.29 is 14.7 Å². The van der Waals surface area contributed by atoms with Crippen LogP contribution in [0.3, 0.4) is 0 Å². The number of amides is 1. The van der Waals surface area contributed by atoms with Crippen molar-refractivity contribution >= 4 is 51.9 Å². The van der Waals surface area contributed by atoms with E-state index in [1.807, 2.05) is 42.5 Å². The Kier molecular flexibility index (Phi) is 6.49. The molecule has 0 atom stereocenters. The number of carboxylic acids is 1. The number of aliphatic carboxylic acids is 1. The van der Waals surface area contributed by atoms with Crippen molar-refractivity contribution in [3.63, 3.8) is 0 Å². The van der Waals surface area contributed by atoms with Crippen LogP contribution in [-0.4, -0.2) is 39.3 Å². The predicted molar refractivity (Wildman–Crippen MR) is 117 cm³/mol. The fraction of sp³-hybridized carbons (Fsp3) is 0.190. The minimum atomic E-state index is -1.08. The molecule has 28 heavy (non-hydrogen) atoms. The van der Waals surface area contributed by atoms with Gasteiger partial charge < -0.3 is 10.0 Å². The van der Waals surface area contributed by atoms with Gasteiger partial charge in [0.1, 0.15) is 10.9 Å². The Morgan fingerprint density at radius 3 is 2.46 bits per heavy atom. The zero-order chi connectivity index (χ0) is 20.1. The molecule has 1 N–H and O–H groups in total. The topological polar surface area (TPSA) is 60.9 Å². The zero-order valence-electron chi connectivity index (χ0n) is 15.4. The Hall–Kier alpha value is -2.64. The first kappa shape index (κ1) is 20.1. The van der Waals surface area contributed by atoms with Gasteiger partial charge in [-0.15, -0.1) is 0 Å². The maximum absolute atomic E-state index is 12.4. The van der Waals surface area contributed by atoms with Crippen LogP contribution in [0.5, 0.6) is 0 Å². The highest BCUT2D eigenvalue weighted by Crippen LogP contribution is 2.32. The summed E-state index contributed by atoms with van der Waals surface area (Å²) < 4.78 is 0.273.